The summed E-state index contributed by atoms with van der Waals surface area (Å²) in [5.41, 5.74) is 0.949. The average Bonchev–Trinajstić information content (AvgIpc) is 2.82. The molecule has 1 N–H and O–H groups in total. The summed E-state index contributed by atoms with van der Waals surface area (Å²) in [5, 5.41) is 10.1. The highest BCUT2D eigenvalue weighted by Gasteiger charge is 2.33. The molecular formula is C13H16O2S. The van der Waals surface area contributed by atoms with Crippen molar-refractivity contribution in [2.75, 3.05) is 11.5 Å². The van der Waals surface area contributed by atoms with Crippen molar-refractivity contribution in [2.24, 2.45) is 5.92 Å². The molecule has 1 aromatic rings. The minimum Gasteiger partial charge on any atom is -0.490 e. The zero-order valence-electron chi connectivity index (χ0n) is 9.13. The Labute approximate surface area is 100 Å². The first-order chi connectivity index (χ1) is 7.84. The molecule has 86 valence electrons. The lowest BCUT2D eigenvalue weighted by atomic mass is 9.91. The minimum atomic E-state index is -0.347. The van der Waals surface area contributed by atoms with E-state index in [9.17, 15) is 5.11 Å². The number of fused-ring (bicyclic) bond motifs is 1. The second kappa shape index (κ2) is 4.30. The minimum absolute atomic E-state index is 0.208. The Morgan fingerprint density at radius 3 is 3.00 bits per heavy atom. The lowest BCUT2D eigenvalue weighted by molar-refractivity contribution is 0.0402. The fourth-order valence-electron chi connectivity index (χ4n) is 2.56. The van der Waals surface area contributed by atoms with Crippen molar-refractivity contribution in [3.63, 3.8) is 0 Å². The Kier molecular flexibility index (Phi) is 2.82. The van der Waals surface area contributed by atoms with Gasteiger partial charge in [-0.25, -0.2) is 0 Å². The number of ether oxygens (including phenoxy) is 1. The van der Waals surface area contributed by atoms with Crippen LogP contribution < -0.4 is 4.74 Å². The summed E-state index contributed by atoms with van der Waals surface area (Å²) in [6.07, 6.45) is 1.84. The van der Waals surface area contributed by atoms with Crippen molar-refractivity contribution in [1.82, 2.24) is 0 Å². The highest BCUT2D eigenvalue weighted by atomic mass is 32.2. The molecule has 16 heavy (non-hydrogen) atoms. The molecule has 0 saturated carbocycles. The van der Waals surface area contributed by atoms with Crippen LogP contribution in [0.15, 0.2) is 24.3 Å². The second-order valence-corrected chi connectivity index (χ2v) is 5.72. The lowest BCUT2D eigenvalue weighted by Gasteiger charge is -2.32. The van der Waals surface area contributed by atoms with Crippen molar-refractivity contribution in [1.29, 1.82) is 0 Å². The van der Waals surface area contributed by atoms with Crippen LogP contribution in [0.2, 0.25) is 0 Å². The molecule has 3 heteroatoms. The van der Waals surface area contributed by atoms with E-state index in [0.717, 1.165) is 17.7 Å². The van der Waals surface area contributed by atoms with E-state index in [4.69, 9.17) is 4.74 Å². The highest BCUT2D eigenvalue weighted by Crippen LogP contribution is 2.39. The van der Waals surface area contributed by atoms with Crippen molar-refractivity contribution in [3.05, 3.63) is 29.8 Å². The van der Waals surface area contributed by atoms with Crippen LogP contribution in [0.1, 0.15) is 24.5 Å². The molecule has 1 fully saturated rings. The molecule has 3 rings (SSSR count). The van der Waals surface area contributed by atoms with Gasteiger partial charge in [0.25, 0.3) is 0 Å². The third kappa shape index (κ3) is 1.82. The molecule has 2 nitrogen and oxygen atoms in total. The number of thioether (sulfide) groups is 1. The van der Waals surface area contributed by atoms with E-state index < -0.39 is 0 Å². The zero-order chi connectivity index (χ0) is 11.0. The van der Waals surface area contributed by atoms with Gasteiger partial charge in [-0.2, -0.15) is 11.8 Å². The van der Waals surface area contributed by atoms with Crippen molar-refractivity contribution in [3.8, 4) is 5.75 Å². The van der Waals surface area contributed by atoms with Gasteiger partial charge in [0.05, 0.1) is 6.10 Å². The molecule has 3 atom stereocenters. The predicted molar refractivity (Wildman–Crippen MR) is 65.9 cm³/mol. The van der Waals surface area contributed by atoms with E-state index in [2.05, 4.69) is 0 Å². The van der Waals surface area contributed by atoms with Crippen LogP contribution >= 0.6 is 11.8 Å². The van der Waals surface area contributed by atoms with Crippen LogP contribution in [0.3, 0.4) is 0 Å². The maximum absolute atomic E-state index is 10.1. The standard InChI is InChI=1S/C13H16O2S/c14-11-7-13(9-5-6-16-8-9)15-12-4-2-1-3-10(11)12/h1-4,9,11,13-14H,5-8H2/t9?,11-,13?/m0/s1. The number of hydrogen-bond acceptors (Lipinski definition) is 3. The highest BCUT2D eigenvalue weighted by molar-refractivity contribution is 7.99. The van der Waals surface area contributed by atoms with Crippen LogP contribution in [0, 0.1) is 5.92 Å². The lowest BCUT2D eigenvalue weighted by Crippen LogP contribution is -2.32. The molecule has 2 aliphatic rings. The second-order valence-electron chi connectivity index (χ2n) is 4.57. The van der Waals surface area contributed by atoms with E-state index in [1.54, 1.807) is 0 Å². The van der Waals surface area contributed by atoms with Gasteiger partial charge in [0.2, 0.25) is 0 Å². The Bertz CT molecular complexity index is 374. The van der Waals surface area contributed by atoms with Gasteiger partial charge in [-0.15, -0.1) is 0 Å². The Hall–Kier alpha value is -0.670. The van der Waals surface area contributed by atoms with E-state index in [-0.39, 0.29) is 12.2 Å². The molecule has 2 aliphatic heterocycles. The summed E-state index contributed by atoms with van der Waals surface area (Å²) in [6.45, 7) is 0. The van der Waals surface area contributed by atoms with E-state index in [0.29, 0.717) is 5.92 Å². The van der Waals surface area contributed by atoms with Crippen LogP contribution in [0.4, 0.5) is 0 Å². The molecule has 0 amide bonds. The first-order valence-electron chi connectivity index (χ1n) is 5.86. The zero-order valence-corrected chi connectivity index (χ0v) is 9.95. The molecule has 1 aromatic carbocycles. The third-order valence-electron chi connectivity index (χ3n) is 3.50. The normalized spacial score (nSPS) is 33.2. The van der Waals surface area contributed by atoms with Gasteiger partial charge in [-0.05, 0) is 24.0 Å². The maximum atomic E-state index is 10.1. The van der Waals surface area contributed by atoms with Gasteiger partial charge in [0.15, 0.2) is 0 Å². The van der Waals surface area contributed by atoms with Gasteiger partial charge in [-0.3, -0.25) is 0 Å². The summed E-state index contributed by atoms with van der Waals surface area (Å²) in [6, 6.07) is 7.85. The van der Waals surface area contributed by atoms with Gasteiger partial charge in [0.1, 0.15) is 11.9 Å². The van der Waals surface area contributed by atoms with Crippen molar-refractivity contribution in [2.45, 2.75) is 25.0 Å². The number of hydrogen-bond donors (Lipinski definition) is 1. The fraction of sp³-hybridized carbons (Fsp3) is 0.538. The van der Waals surface area contributed by atoms with Gasteiger partial charge >= 0.3 is 0 Å². The molecule has 0 aliphatic carbocycles. The van der Waals surface area contributed by atoms with Crippen molar-refractivity contribution < 1.29 is 9.84 Å². The molecule has 0 radical (unpaired) electrons. The Morgan fingerprint density at radius 2 is 2.19 bits per heavy atom. The van der Waals surface area contributed by atoms with Crippen LogP contribution in [0.5, 0.6) is 5.75 Å². The number of aliphatic hydroxyl groups excluding tert-OH is 1. The Morgan fingerprint density at radius 1 is 1.31 bits per heavy atom. The van der Waals surface area contributed by atoms with Gasteiger partial charge < -0.3 is 9.84 Å². The monoisotopic (exact) mass is 236 g/mol. The van der Waals surface area contributed by atoms with Crippen LogP contribution in [0.25, 0.3) is 0 Å². The SMILES string of the molecule is O[C@H]1CC(C2CCSC2)Oc2ccccc21. The quantitative estimate of drug-likeness (QED) is 0.813. The molecular weight excluding hydrogens is 220 g/mol. The van der Waals surface area contributed by atoms with E-state index >= 15 is 0 Å². The summed E-state index contributed by atoms with van der Waals surface area (Å²) in [4.78, 5) is 0. The Balaban J connectivity index is 1.83. The van der Waals surface area contributed by atoms with E-state index in [1.807, 2.05) is 36.0 Å². The summed E-state index contributed by atoms with van der Waals surface area (Å²) in [7, 11) is 0. The largest absolute Gasteiger partial charge is 0.490 e. The van der Waals surface area contributed by atoms with Crippen molar-refractivity contribution >= 4 is 11.8 Å². The average molecular weight is 236 g/mol. The third-order valence-corrected chi connectivity index (χ3v) is 4.69. The number of rotatable bonds is 1. The molecule has 0 aromatic heterocycles. The summed E-state index contributed by atoms with van der Waals surface area (Å²) in [5.74, 6) is 3.91. The van der Waals surface area contributed by atoms with Crippen LogP contribution in [-0.4, -0.2) is 22.7 Å². The van der Waals surface area contributed by atoms with Gasteiger partial charge in [-0.1, -0.05) is 18.2 Å². The summed E-state index contributed by atoms with van der Waals surface area (Å²) >= 11 is 2.00. The molecule has 2 unspecified atom stereocenters. The van der Waals surface area contributed by atoms with Gasteiger partial charge in [0, 0.05) is 17.9 Å². The van der Waals surface area contributed by atoms with E-state index in [1.165, 1.54) is 17.9 Å². The predicted octanol–water partition coefficient (Wildman–Crippen LogP) is 2.62. The first kappa shape index (κ1) is 10.5. The van der Waals surface area contributed by atoms with Crippen LogP contribution in [-0.2, 0) is 0 Å². The number of benzene rings is 1. The molecule has 0 bridgehead atoms. The maximum Gasteiger partial charge on any atom is 0.125 e. The summed E-state index contributed by atoms with van der Waals surface area (Å²) < 4.78 is 6.01. The fourth-order valence-corrected chi connectivity index (χ4v) is 3.88. The molecule has 0 spiro atoms. The number of para-hydroxylation sites is 1. The molecule has 1 saturated heterocycles. The topological polar surface area (TPSA) is 29.5 Å². The first-order valence-corrected chi connectivity index (χ1v) is 7.01. The molecule has 2 heterocycles. The smallest absolute Gasteiger partial charge is 0.125 e. The number of aliphatic hydroxyl groups is 1.